The van der Waals surface area contributed by atoms with Crippen molar-refractivity contribution >= 4 is 11.9 Å². The Morgan fingerprint density at radius 1 is 1.24 bits per heavy atom. The quantitative estimate of drug-likeness (QED) is 0.661. The minimum Gasteiger partial charge on any atom is -0.493 e. The van der Waals surface area contributed by atoms with E-state index in [4.69, 9.17) is 24.7 Å². The zero-order chi connectivity index (χ0) is 21.4. The second kappa shape index (κ2) is 10.2. The molecule has 0 saturated carbocycles. The highest BCUT2D eigenvalue weighted by atomic mass is 16.5. The Balaban J connectivity index is 2.33. The number of nitrogens with zero attached hydrogens (tertiary/aromatic N) is 1. The van der Waals surface area contributed by atoms with Crippen LogP contribution in [0.4, 0.5) is 0 Å². The van der Waals surface area contributed by atoms with Crippen LogP contribution in [0.3, 0.4) is 0 Å². The first-order valence-electron chi connectivity index (χ1n) is 9.26. The number of carbonyl (C=O) groups is 2. The summed E-state index contributed by atoms with van der Waals surface area (Å²) in [4.78, 5) is 24.0. The van der Waals surface area contributed by atoms with Crippen LogP contribution in [-0.2, 0) is 23.8 Å². The number of nitriles is 1. The standard InChI is InChI=1S/C21H24N2O6/c1-4-26-17(24)9-10-28-15-8-6-7-14(11-15)19-16(12-22)20(23)29-13(3)18(19)21(25)27-5-2/h6-8,11,19H,4-5,9-10,23H2,1-3H3. The minimum absolute atomic E-state index is 0.0586. The average molecular weight is 400 g/mol. The summed E-state index contributed by atoms with van der Waals surface area (Å²) in [6, 6.07) is 8.92. The normalized spacial score (nSPS) is 16.0. The number of esters is 2. The monoisotopic (exact) mass is 400 g/mol. The van der Waals surface area contributed by atoms with E-state index in [0.717, 1.165) is 0 Å². The van der Waals surface area contributed by atoms with Crippen LogP contribution in [0.25, 0.3) is 0 Å². The van der Waals surface area contributed by atoms with E-state index in [1.165, 1.54) is 0 Å². The summed E-state index contributed by atoms with van der Waals surface area (Å²) in [6.07, 6.45) is 0.110. The van der Waals surface area contributed by atoms with Crippen LogP contribution >= 0.6 is 0 Å². The van der Waals surface area contributed by atoms with Crippen molar-refractivity contribution in [1.29, 1.82) is 5.26 Å². The highest BCUT2D eigenvalue weighted by Crippen LogP contribution is 2.40. The molecule has 2 rings (SSSR count). The van der Waals surface area contributed by atoms with Crippen LogP contribution in [-0.4, -0.2) is 31.8 Å². The maximum absolute atomic E-state index is 12.5. The molecule has 1 aliphatic rings. The van der Waals surface area contributed by atoms with E-state index < -0.39 is 11.9 Å². The Bertz CT molecular complexity index is 881. The fourth-order valence-corrected chi connectivity index (χ4v) is 2.96. The van der Waals surface area contributed by atoms with Gasteiger partial charge in [-0.25, -0.2) is 4.79 Å². The van der Waals surface area contributed by atoms with E-state index in [-0.39, 0.29) is 48.4 Å². The number of nitrogens with two attached hydrogens (primary N) is 1. The van der Waals surface area contributed by atoms with Crippen molar-refractivity contribution in [2.45, 2.75) is 33.1 Å². The van der Waals surface area contributed by atoms with Crippen LogP contribution in [0.1, 0.15) is 38.7 Å². The molecular weight excluding hydrogens is 376 g/mol. The molecule has 1 aromatic carbocycles. The highest BCUT2D eigenvalue weighted by Gasteiger charge is 2.36. The molecule has 154 valence electrons. The van der Waals surface area contributed by atoms with Gasteiger partial charge in [0.25, 0.3) is 0 Å². The van der Waals surface area contributed by atoms with Crippen LogP contribution in [0.5, 0.6) is 5.75 Å². The molecule has 0 aliphatic carbocycles. The summed E-state index contributed by atoms with van der Waals surface area (Å²) in [5.41, 5.74) is 6.83. The van der Waals surface area contributed by atoms with Gasteiger partial charge < -0.3 is 24.7 Å². The highest BCUT2D eigenvalue weighted by molar-refractivity contribution is 5.92. The molecule has 8 nitrogen and oxygen atoms in total. The molecule has 1 aliphatic heterocycles. The maximum atomic E-state index is 12.5. The third-order valence-electron chi connectivity index (χ3n) is 4.17. The van der Waals surface area contributed by atoms with Gasteiger partial charge in [-0.2, -0.15) is 5.26 Å². The number of allylic oxidation sites excluding steroid dienone is 2. The van der Waals surface area contributed by atoms with E-state index >= 15 is 0 Å². The Morgan fingerprint density at radius 3 is 2.62 bits per heavy atom. The fraction of sp³-hybridized carbons (Fsp3) is 0.381. The van der Waals surface area contributed by atoms with Gasteiger partial charge in [0.2, 0.25) is 5.88 Å². The molecule has 0 spiro atoms. The van der Waals surface area contributed by atoms with Gasteiger partial charge in [-0.3, -0.25) is 4.79 Å². The Labute approximate surface area is 169 Å². The van der Waals surface area contributed by atoms with Crippen molar-refractivity contribution in [3.63, 3.8) is 0 Å². The van der Waals surface area contributed by atoms with Crippen LogP contribution in [0.15, 0.2) is 47.1 Å². The number of hydrogen-bond donors (Lipinski definition) is 1. The van der Waals surface area contributed by atoms with E-state index in [0.29, 0.717) is 17.9 Å². The van der Waals surface area contributed by atoms with Crippen molar-refractivity contribution in [2.75, 3.05) is 19.8 Å². The first-order chi connectivity index (χ1) is 13.9. The van der Waals surface area contributed by atoms with Gasteiger partial charge in [0, 0.05) is 0 Å². The number of benzene rings is 1. The van der Waals surface area contributed by atoms with E-state index in [1.807, 2.05) is 6.07 Å². The lowest BCUT2D eigenvalue weighted by Crippen LogP contribution is -2.25. The van der Waals surface area contributed by atoms with Gasteiger partial charge in [0.05, 0.1) is 37.7 Å². The van der Waals surface area contributed by atoms with E-state index in [9.17, 15) is 14.9 Å². The van der Waals surface area contributed by atoms with Gasteiger partial charge in [0.15, 0.2) is 0 Å². The first kappa shape index (κ1) is 21.8. The summed E-state index contributed by atoms with van der Waals surface area (Å²) in [5.74, 6) is -0.978. The number of ether oxygens (including phenoxy) is 4. The van der Waals surface area contributed by atoms with Crippen molar-refractivity contribution in [3.05, 3.63) is 52.6 Å². The van der Waals surface area contributed by atoms with Gasteiger partial charge in [-0.15, -0.1) is 0 Å². The molecule has 2 N–H and O–H groups in total. The smallest absolute Gasteiger partial charge is 0.338 e. The van der Waals surface area contributed by atoms with Gasteiger partial charge in [-0.05, 0) is 38.5 Å². The maximum Gasteiger partial charge on any atom is 0.338 e. The third kappa shape index (κ3) is 5.29. The second-order valence-electron chi connectivity index (χ2n) is 6.09. The molecule has 1 unspecified atom stereocenters. The van der Waals surface area contributed by atoms with Crippen LogP contribution in [0, 0.1) is 11.3 Å². The predicted octanol–water partition coefficient (Wildman–Crippen LogP) is 2.66. The van der Waals surface area contributed by atoms with E-state index in [2.05, 4.69) is 0 Å². The van der Waals surface area contributed by atoms with Crippen molar-refractivity contribution in [3.8, 4) is 11.8 Å². The molecule has 0 radical (unpaired) electrons. The zero-order valence-electron chi connectivity index (χ0n) is 16.7. The van der Waals surface area contributed by atoms with Crippen LogP contribution in [0.2, 0.25) is 0 Å². The summed E-state index contributed by atoms with van der Waals surface area (Å²) in [5, 5.41) is 9.61. The third-order valence-corrected chi connectivity index (χ3v) is 4.17. The molecule has 0 amide bonds. The summed E-state index contributed by atoms with van der Waals surface area (Å²) in [7, 11) is 0. The lowest BCUT2D eigenvalue weighted by molar-refractivity contribution is -0.143. The van der Waals surface area contributed by atoms with Crippen molar-refractivity contribution in [1.82, 2.24) is 0 Å². The van der Waals surface area contributed by atoms with Crippen molar-refractivity contribution in [2.24, 2.45) is 5.73 Å². The molecular formula is C21H24N2O6. The molecule has 1 heterocycles. The fourth-order valence-electron chi connectivity index (χ4n) is 2.96. The summed E-state index contributed by atoms with van der Waals surface area (Å²) < 4.78 is 21.0. The number of hydrogen-bond acceptors (Lipinski definition) is 8. The number of carbonyl (C=O) groups excluding carboxylic acids is 2. The Morgan fingerprint density at radius 2 is 1.97 bits per heavy atom. The Kier molecular flexibility index (Phi) is 7.66. The van der Waals surface area contributed by atoms with Gasteiger partial charge in [-0.1, -0.05) is 12.1 Å². The predicted molar refractivity (Wildman–Crippen MR) is 103 cm³/mol. The van der Waals surface area contributed by atoms with Gasteiger partial charge in [0.1, 0.15) is 23.2 Å². The lowest BCUT2D eigenvalue weighted by atomic mass is 9.83. The molecule has 29 heavy (non-hydrogen) atoms. The largest absolute Gasteiger partial charge is 0.493 e. The number of rotatable bonds is 8. The second-order valence-corrected chi connectivity index (χ2v) is 6.09. The summed E-state index contributed by atoms with van der Waals surface area (Å²) in [6.45, 7) is 5.66. The Hall–Kier alpha value is -3.47. The summed E-state index contributed by atoms with van der Waals surface area (Å²) >= 11 is 0. The molecule has 1 aromatic rings. The zero-order valence-corrected chi connectivity index (χ0v) is 16.7. The van der Waals surface area contributed by atoms with Gasteiger partial charge >= 0.3 is 11.9 Å². The SMILES string of the molecule is CCOC(=O)CCOc1cccc(C2C(C#N)=C(N)OC(C)=C2C(=O)OCC)c1. The topological polar surface area (TPSA) is 121 Å². The van der Waals surface area contributed by atoms with Crippen LogP contribution < -0.4 is 10.5 Å². The van der Waals surface area contributed by atoms with Crippen molar-refractivity contribution < 1.29 is 28.5 Å². The molecule has 0 saturated heterocycles. The minimum atomic E-state index is -0.749. The first-order valence-corrected chi connectivity index (χ1v) is 9.26. The average Bonchev–Trinajstić information content (AvgIpc) is 2.68. The molecule has 1 atom stereocenters. The lowest BCUT2D eigenvalue weighted by Gasteiger charge is -2.27. The molecule has 0 bridgehead atoms. The molecule has 8 heteroatoms. The molecule has 0 fully saturated rings. The molecule has 0 aromatic heterocycles. The van der Waals surface area contributed by atoms with E-state index in [1.54, 1.807) is 45.0 Å².